The highest BCUT2D eigenvalue weighted by Crippen LogP contribution is 2.68. The normalized spacial score (nSPS) is 59.8. The molecule has 4 rings (SSSR count). The molecule has 0 aromatic carbocycles. The minimum absolute atomic E-state index is 0.196. The monoisotopic (exact) mass is 332 g/mol. The Kier molecular flexibility index (Phi) is 3.67. The molecule has 3 nitrogen and oxygen atoms in total. The summed E-state index contributed by atoms with van der Waals surface area (Å²) in [5, 5.41) is 32.1. The molecule has 0 aliphatic heterocycles. The maximum atomic E-state index is 11.0. The first-order valence-electron chi connectivity index (χ1n) is 9.81. The van der Waals surface area contributed by atoms with Crippen molar-refractivity contribution in [3.8, 4) is 12.3 Å². The van der Waals surface area contributed by atoms with Crippen LogP contribution in [0.4, 0.5) is 0 Å². The number of rotatable bonds is 0. The number of terminal acetylenes is 1. The Labute approximate surface area is 145 Å². The van der Waals surface area contributed by atoms with Gasteiger partial charge < -0.3 is 15.3 Å². The minimum Gasteiger partial charge on any atom is -0.393 e. The zero-order valence-electron chi connectivity index (χ0n) is 15.0. The van der Waals surface area contributed by atoms with Crippen molar-refractivity contribution in [1.82, 2.24) is 0 Å². The van der Waals surface area contributed by atoms with Gasteiger partial charge in [-0.05, 0) is 80.5 Å². The molecule has 3 N–H and O–H groups in total. The van der Waals surface area contributed by atoms with Gasteiger partial charge in [-0.1, -0.05) is 19.8 Å². The van der Waals surface area contributed by atoms with Gasteiger partial charge in [-0.3, -0.25) is 0 Å². The summed E-state index contributed by atoms with van der Waals surface area (Å²) in [6, 6.07) is 0. The number of aliphatic hydroxyl groups excluding tert-OH is 2. The molecule has 4 fully saturated rings. The minimum atomic E-state index is -1.01. The van der Waals surface area contributed by atoms with Gasteiger partial charge in [0.25, 0.3) is 0 Å². The molecule has 9 atom stereocenters. The summed E-state index contributed by atoms with van der Waals surface area (Å²) < 4.78 is 0. The highest BCUT2D eigenvalue weighted by atomic mass is 16.3. The smallest absolute Gasteiger partial charge is 0.130 e. The summed E-state index contributed by atoms with van der Waals surface area (Å²) in [7, 11) is 0. The van der Waals surface area contributed by atoms with E-state index in [-0.39, 0.29) is 29.0 Å². The second kappa shape index (κ2) is 5.22. The first-order chi connectivity index (χ1) is 11.2. The Balaban J connectivity index is 1.69. The molecule has 3 heteroatoms. The van der Waals surface area contributed by atoms with Gasteiger partial charge in [-0.25, -0.2) is 0 Å². The van der Waals surface area contributed by atoms with E-state index >= 15 is 0 Å². The van der Waals surface area contributed by atoms with Crippen LogP contribution >= 0.6 is 0 Å². The summed E-state index contributed by atoms with van der Waals surface area (Å²) in [6.07, 6.45) is 12.4. The van der Waals surface area contributed by atoms with Gasteiger partial charge in [0, 0.05) is 5.41 Å². The molecule has 0 saturated heterocycles. The molecule has 4 aliphatic carbocycles. The van der Waals surface area contributed by atoms with Gasteiger partial charge in [0.1, 0.15) is 5.60 Å². The SMILES string of the molecule is C#C[C@]1(O)CC[C@H]2[C@@H]3[C@H](O)C[C@@H]4C[C@@H](O)CC[C@]4(C)[C@H]3CC[C@@]21C. The Bertz CT molecular complexity index is 568. The number of fused-ring (bicyclic) bond motifs is 5. The fourth-order valence-electron chi connectivity index (χ4n) is 7.46. The third-order valence-electron chi connectivity index (χ3n) is 9.05. The average Bonchev–Trinajstić information content (AvgIpc) is 2.82. The van der Waals surface area contributed by atoms with Crippen LogP contribution in [0, 0.1) is 46.8 Å². The quantitative estimate of drug-likeness (QED) is 0.598. The van der Waals surface area contributed by atoms with Gasteiger partial charge >= 0.3 is 0 Å². The lowest BCUT2D eigenvalue weighted by Crippen LogP contribution is -2.60. The molecule has 0 radical (unpaired) electrons. The number of aliphatic hydroxyl groups is 3. The predicted molar refractivity (Wildman–Crippen MR) is 92.9 cm³/mol. The standard InChI is InChI=1S/C21H32O3/c1-4-21(24)10-7-16-18-15(6-9-20(16,21)3)19(2)8-5-14(22)11-13(19)12-17(18)23/h1,13-18,22-24H,5-12H2,2-3H3/t13-,14-,15-,16-,17+,18+,19-,20-,21-/m0/s1. The lowest BCUT2D eigenvalue weighted by Gasteiger charge is -2.62. The van der Waals surface area contributed by atoms with Crippen molar-refractivity contribution >= 4 is 0 Å². The van der Waals surface area contributed by atoms with Crippen LogP contribution in [0.25, 0.3) is 0 Å². The van der Waals surface area contributed by atoms with Crippen LogP contribution in [-0.4, -0.2) is 33.1 Å². The van der Waals surface area contributed by atoms with Crippen molar-refractivity contribution in [2.24, 2.45) is 34.5 Å². The highest BCUT2D eigenvalue weighted by Gasteiger charge is 2.66. The molecule has 0 unspecified atom stereocenters. The van der Waals surface area contributed by atoms with Gasteiger partial charge in [0.05, 0.1) is 12.2 Å². The van der Waals surface area contributed by atoms with Crippen LogP contribution in [0.5, 0.6) is 0 Å². The zero-order valence-corrected chi connectivity index (χ0v) is 15.0. The summed E-state index contributed by atoms with van der Waals surface area (Å²) in [6.45, 7) is 4.56. The van der Waals surface area contributed by atoms with E-state index in [9.17, 15) is 15.3 Å². The zero-order chi connectivity index (χ0) is 17.3. The fourth-order valence-corrected chi connectivity index (χ4v) is 7.46. The molecule has 4 aliphatic rings. The number of hydrogen-bond acceptors (Lipinski definition) is 3. The maximum absolute atomic E-state index is 11.0. The highest BCUT2D eigenvalue weighted by molar-refractivity contribution is 5.24. The van der Waals surface area contributed by atoms with E-state index in [1.807, 2.05) is 0 Å². The van der Waals surface area contributed by atoms with Crippen molar-refractivity contribution in [2.45, 2.75) is 83.0 Å². The molecule has 0 spiro atoms. The molecule has 4 saturated carbocycles. The maximum Gasteiger partial charge on any atom is 0.130 e. The van der Waals surface area contributed by atoms with Crippen LogP contribution < -0.4 is 0 Å². The Morgan fingerprint density at radius 3 is 2.38 bits per heavy atom. The summed E-state index contributed by atoms with van der Waals surface area (Å²) in [5.74, 6) is 4.19. The van der Waals surface area contributed by atoms with E-state index in [0.29, 0.717) is 24.2 Å². The van der Waals surface area contributed by atoms with E-state index in [1.54, 1.807) is 0 Å². The first-order valence-corrected chi connectivity index (χ1v) is 9.81. The van der Waals surface area contributed by atoms with Crippen molar-refractivity contribution < 1.29 is 15.3 Å². The second-order valence-electron chi connectivity index (χ2n) is 9.72. The van der Waals surface area contributed by atoms with Crippen LogP contribution in [0.15, 0.2) is 0 Å². The fraction of sp³-hybridized carbons (Fsp3) is 0.905. The molecular weight excluding hydrogens is 300 g/mol. The molecule has 0 aromatic rings. The Morgan fingerprint density at radius 2 is 1.67 bits per heavy atom. The first kappa shape index (κ1) is 16.9. The molecule has 0 heterocycles. The molecular formula is C21H32O3. The van der Waals surface area contributed by atoms with E-state index in [4.69, 9.17) is 6.42 Å². The second-order valence-corrected chi connectivity index (χ2v) is 9.72. The third-order valence-corrected chi connectivity index (χ3v) is 9.05. The summed E-state index contributed by atoms with van der Waals surface area (Å²) in [4.78, 5) is 0. The molecule has 0 aromatic heterocycles. The topological polar surface area (TPSA) is 60.7 Å². The summed E-state index contributed by atoms with van der Waals surface area (Å²) >= 11 is 0. The van der Waals surface area contributed by atoms with E-state index in [2.05, 4.69) is 19.8 Å². The number of hydrogen-bond donors (Lipinski definition) is 3. The van der Waals surface area contributed by atoms with Crippen LogP contribution in [0.1, 0.15) is 65.2 Å². The van der Waals surface area contributed by atoms with Gasteiger partial charge in [0.2, 0.25) is 0 Å². The Morgan fingerprint density at radius 1 is 0.958 bits per heavy atom. The van der Waals surface area contributed by atoms with Gasteiger partial charge in [-0.15, -0.1) is 6.42 Å². The Hall–Kier alpha value is -0.560. The lowest BCUT2D eigenvalue weighted by atomic mass is 9.43. The van der Waals surface area contributed by atoms with E-state index in [0.717, 1.165) is 44.9 Å². The van der Waals surface area contributed by atoms with Crippen LogP contribution in [-0.2, 0) is 0 Å². The largest absolute Gasteiger partial charge is 0.393 e. The van der Waals surface area contributed by atoms with Crippen molar-refractivity contribution in [3.63, 3.8) is 0 Å². The lowest BCUT2D eigenvalue weighted by molar-refractivity contribution is -0.183. The third kappa shape index (κ3) is 1.97. The van der Waals surface area contributed by atoms with Crippen molar-refractivity contribution in [3.05, 3.63) is 0 Å². The van der Waals surface area contributed by atoms with Crippen molar-refractivity contribution in [2.75, 3.05) is 0 Å². The molecule has 24 heavy (non-hydrogen) atoms. The van der Waals surface area contributed by atoms with Gasteiger partial charge in [0.15, 0.2) is 0 Å². The van der Waals surface area contributed by atoms with Crippen LogP contribution in [0.2, 0.25) is 0 Å². The predicted octanol–water partition coefficient (Wildman–Crippen LogP) is 2.73. The van der Waals surface area contributed by atoms with E-state index in [1.165, 1.54) is 0 Å². The molecule has 0 bridgehead atoms. The molecule has 134 valence electrons. The van der Waals surface area contributed by atoms with E-state index < -0.39 is 5.60 Å². The van der Waals surface area contributed by atoms with Crippen LogP contribution in [0.3, 0.4) is 0 Å². The van der Waals surface area contributed by atoms with Crippen molar-refractivity contribution in [1.29, 1.82) is 0 Å². The average molecular weight is 332 g/mol. The van der Waals surface area contributed by atoms with Gasteiger partial charge in [-0.2, -0.15) is 0 Å². The summed E-state index contributed by atoms with van der Waals surface area (Å²) in [5.41, 5.74) is -1.05. The molecule has 0 amide bonds.